The Bertz CT molecular complexity index is 433. The molecule has 6 nitrogen and oxygen atoms in total. The van der Waals surface area contributed by atoms with Gasteiger partial charge in [-0.2, -0.15) is 0 Å². The molecule has 0 aromatic rings. The van der Waals surface area contributed by atoms with E-state index in [0.29, 0.717) is 6.42 Å². The summed E-state index contributed by atoms with van der Waals surface area (Å²) in [7, 11) is 0. The van der Waals surface area contributed by atoms with Crippen LogP contribution >= 0.6 is 0 Å². The molecule has 0 spiro atoms. The van der Waals surface area contributed by atoms with Crippen molar-refractivity contribution in [3.63, 3.8) is 0 Å². The number of hydrogen-bond donors (Lipinski definition) is 4. The van der Waals surface area contributed by atoms with Gasteiger partial charge >= 0.3 is 11.9 Å². The number of rotatable bonds is 6. The summed E-state index contributed by atoms with van der Waals surface area (Å²) in [5.41, 5.74) is 0.490. The van der Waals surface area contributed by atoms with Gasteiger partial charge in [-0.3, -0.25) is 9.59 Å². The number of carboxylic acids is 2. The van der Waals surface area contributed by atoms with Crippen molar-refractivity contribution in [1.82, 2.24) is 0 Å². The number of carboxylic acid groups (broad SMARTS) is 2. The summed E-state index contributed by atoms with van der Waals surface area (Å²) in [6.07, 6.45) is 5.35. The molecule has 1 rings (SSSR count). The van der Waals surface area contributed by atoms with Crippen LogP contribution in [0.15, 0.2) is 0 Å². The first kappa shape index (κ1) is 31.0. The molecule has 1 saturated carbocycles. The second-order valence-electron chi connectivity index (χ2n) is 11.4. The van der Waals surface area contributed by atoms with Gasteiger partial charge in [-0.1, -0.05) is 55.4 Å². The van der Waals surface area contributed by atoms with Crippen LogP contribution < -0.4 is 0 Å². The molecule has 0 saturated heterocycles. The van der Waals surface area contributed by atoms with E-state index in [1.807, 2.05) is 13.8 Å². The lowest BCUT2D eigenvalue weighted by Gasteiger charge is -2.21. The fourth-order valence-electron chi connectivity index (χ4n) is 3.97. The zero-order valence-electron chi connectivity index (χ0n) is 20.6. The largest absolute Gasteiger partial charge is 0.481 e. The molecule has 4 atom stereocenters. The van der Waals surface area contributed by atoms with Crippen molar-refractivity contribution in [2.45, 2.75) is 119 Å². The van der Waals surface area contributed by atoms with Crippen LogP contribution in [0.25, 0.3) is 0 Å². The highest BCUT2D eigenvalue weighted by Gasteiger charge is 2.18. The van der Waals surface area contributed by atoms with Gasteiger partial charge in [0.1, 0.15) is 0 Å². The van der Waals surface area contributed by atoms with Gasteiger partial charge in [-0.05, 0) is 61.2 Å². The lowest BCUT2D eigenvalue weighted by atomic mass is 9.84. The number of hydrogen-bond acceptors (Lipinski definition) is 4. The van der Waals surface area contributed by atoms with Crippen molar-refractivity contribution in [2.24, 2.45) is 22.7 Å². The number of carbonyl (C=O) groups is 2. The average Bonchev–Trinajstić information content (AvgIpc) is 2.41. The monoisotopic (exact) mass is 432 g/mol. The minimum Gasteiger partial charge on any atom is -0.481 e. The highest BCUT2D eigenvalue weighted by molar-refractivity contribution is 5.67. The molecule has 180 valence electrons. The number of aliphatic hydroxyl groups excluding tert-OH is 2. The average molecular weight is 433 g/mol. The molecule has 0 aliphatic heterocycles. The van der Waals surface area contributed by atoms with Gasteiger partial charge in [-0.15, -0.1) is 0 Å². The van der Waals surface area contributed by atoms with Crippen LogP contribution in [0.1, 0.15) is 107 Å². The summed E-state index contributed by atoms with van der Waals surface area (Å²) < 4.78 is 0. The third-order valence-corrected chi connectivity index (χ3v) is 4.59. The van der Waals surface area contributed by atoms with Gasteiger partial charge in [0, 0.05) is 12.8 Å². The Kier molecular flexibility index (Phi) is 15.3. The highest BCUT2D eigenvalue weighted by Crippen LogP contribution is 2.26. The normalized spacial score (nSPS) is 21.3. The van der Waals surface area contributed by atoms with Crippen molar-refractivity contribution in [1.29, 1.82) is 0 Å². The van der Waals surface area contributed by atoms with Gasteiger partial charge in [-0.25, -0.2) is 0 Å². The van der Waals surface area contributed by atoms with Crippen molar-refractivity contribution in [3.8, 4) is 0 Å². The third-order valence-electron chi connectivity index (χ3n) is 4.59. The van der Waals surface area contributed by atoms with E-state index in [1.54, 1.807) is 0 Å². The van der Waals surface area contributed by atoms with Gasteiger partial charge in [0.25, 0.3) is 0 Å². The van der Waals surface area contributed by atoms with Crippen molar-refractivity contribution >= 4 is 11.9 Å². The van der Waals surface area contributed by atoms with Crippen molar-refractivity contribution in [3.05, 3.63) is 0 Å². The van der Waals surface area contributed by atoms with Crippen LogP contribution in [0.3, 0.4) is 0 Å². The van der Waals surface area contributed by atoms with E-state index in [4.69, 9.17) is 20.4 Å². The zero-order valence-corrected chi connectivity index (χ0v) is 20.6. The fraction of sp³-hybridized carbons (Fsp3) is 0.917. The summed E-state index contributed by atoms with van der Waals surface area (Å²) >= 11 is 0. The molecular weight excluding hydrogens is 384 g/mol. The summed E-state index contributed by atoms with van der Waals surface area (Å²) in [6, 6.07) is 0. The summed E-state index contributed by atoms with van der Waals surface area (Å²) in [4.78, 5) is 20.6. The maximum atomic E-state index is 10.3. The van der Waals surface area contributed by atoms with E-state index < -0.39 is 11.9 Å². The number of aliphatic carboxylic acids is 2. The van der Waals surface area contributed by atoms with E-state index in [0.717, 1.165) is 32.1 Å². The Labute approximate surface area is 184 Å². The first-order valence-corrected chi connectivity index (χ1v) is 11.2. The molecule has 0 aromatic carbocycles. The second-order valence-corrected chi connectivity index (χ2v) is 11.4. The fourth-order valence-corrected chi connectivity index (χ4v) is 3.97. The van der Waals surface area contributed by atoms with Crippen LogP contribution in [0.2, 0.25) is 0 Å². The summed E-state index contributed by atoms with van der Waals surface area (Å²) in [5.74, 6) is -0.816. The second kappa shape index (κ2) is 14.8. The van der Waals surface area contributed by atoms with Crippen LogP contribution in [-0.4, -0.2) is 44.6 Å². The molecule has 30 heavy (non-hydrogen) atoms. The molecule has 6 heteroatoms. The van der Waals surface area contributed by atoms with Gasteiger partial charge in [0.2, 0.25) is 0 Å². The first-order chi connectivity index (χ1) is 13.4. The van der Waals surface area contributed by atoms with E-state index in [2.05, 4.69) is 41.5 Å². The molecular formula is C24H48O6. The standard InChI is InChI=1S/2C9H18O2.C6H12O2/c2*1-7(5-8(10)11)6-9(2,3)4;7-5-2-1-3-6(8)4-5/h2*7H,5-6H2,1-4H3,(H,10,11);5-8H,1-4H2. The molecule has 0 radical (unpaired) electrons. The predicted molar refractivity (Wildman–Crippen MR) is 121 cm³/mol. The maximum Gasteiger partial charge on any atom is 0.303 e. The lowest BCUT2D eigenvalue weighted by Crippen LogP contribution is -2.22. The van der Waals surface area contributed by atoms with Gasteiger partial charge < -0.3 is 20.4 Å². The van der Waals surface area contributed by atoms with E-state index in [1.165, 1.54) is 0 Å². The lowest BCUT2D eigenvalue weighted by molar-refractivity contribution is -0.139. The van der Waals surface area contributed by atoms with Crippen LogP contribution in [0.5, 0.6) is 0 Å². The SMILES string of the molecule is CC(CC(=O)O)CC(C)(C)C.CC(CC(=O)O)CC(C)(C)C.OC1CCCC(O)C1. The molecule has 1 aliphatic carbocycles. The van der Waals surface area contributed by atoms with Crippen LogP contribution in [-0.2, 0) is 9.59 Å². The summed E-state index contributed by atoms with van der Waals surface area (Å²) in [5, 5.41) is 34.8. The Balaban J connectivity index is 0. The van der Waals surface area contributed by atoms with Gasteiger partial charge in [0.15, 0.2) is 0 Å². The van der Waals surface area contributed by atoms with E-state index >= 15 is 0 Å². The topological polar surface area (TPSA) is 115 Å². The Morgan fingerprint density at radius 1 is 0.767 bits per heavy atom. The summed E-state index contributed by atoms with van der Waals surface area (Å²) in [6.45, 7) is 16.8. The van der Waals surface area contributed by atoms with E-state index in [9.17, 15) is 9.59 Å². The Morgan fingerprint density at radius 2 is 1.07 bits per heavy atom. The Hall–Kier alpha value is -1.14. The molecule has 1 aliphatic rings. The molecule has 0 amide bonds. The molecule has 0 heterocycles. The first-order valence-electron chi connectivity index (χ1n) is 11.2. The predicted octanol–water partition coefficient (Wildman–Crippen LogP) is 5.35. The quantitative estimate of drug-likeness (QED) is 0.450. The molecule has 0 bridgehead atoms. The molecule has 1 fully saturated rings. The van der Waals surface area contributed by atoms with Crippen LogP contribution in [0, 0.1) is 22.7 Å². The third kappa shape index (κ3) is 24.9. The van der Waals surface area contributed by atoms with Crippen molar-refractivity contribution < 1.29 is 30.0 Å². The minimum atomic E-state index is -0.693. The smallest absolute Gasteiger partial charge is 0.303 e. The van der Waals surface area contributed by atoms with E-state index in [-0.39, 0.29) is 47.7 Å². The molecule has 4 N–H and O–H groups in total. The molecule has 0 aromatic heterocycles. The van der Waals surface area contributed by atoms with Crippen molar-refractivity contribution in [2.75, 3.05) is 0 Å². The maximum absolute atomic E-state index is 10.3. The highest BCUT2D eigenvalue weighted by atomic mass is 16.4. The van der Waals surface area contributed by atoms with Gasteiger partial charge in [0.05, 0.1) is 12.2 Å². The minimum absolute atomic E-state index is 0.237. The zero-order chi connectivity index (χ0) is 24.1. The number of aliphatic hydroxyl groups is 2. The van der Waals surface area contributed by atoms with Crippen LogP contribution in [0.4, 0.5) is 0 Å². The Morgan fingerprint density at radius 3 is 1.23 bits per heavy atom. The molecule has 4 unspecified atom stereocenters.